The van der Waals surface area contributed by atoms with Crippen LogP contribution in [0.4, 0.5) is 8.78 Å². The number of benzene rings is 2. The van der Waals surface area contributed by atoms with E-state index in [1.807, 2.05) is 13.8 Å². The Morgan fingerprint density at radius 1 is 1.15 bits per heavy atom. The summed E-state index contributed by atoms with van der Waals surface area (Å²) in [6.07, 6.45) is 1.41. The molecule has 2 heterocycles. The molecule has 0 amide bonds. The minimum Gasteiger partial charge on any atom is -0.489 e. The Bertz CT molecular complexity index is 1330. The van der Waals surface area contributed by atoms with Crippen LogP contribution in [-0.2, 0) is 4.79 Å². The second-order valence-electron chi connectivity index (χ2n) is 7.84. The molecule has 172 valence electrons. The number of hydrogen-bond donors (Lipinski definition) is 1. The molecule has 7 nitrogen and oxygen atoms in total. The van der Waals surface area contributed by atoms with Gasteiger partial charge in [-0.2, -0.15) is 13.8 Å². The quantitative estimate of drug-likeness (QED) is 0.348. The molecular formula is C23H20ClF2N3O4. The number of halogens is 3. The van der Waals surface area contributed by atoms with E-state index >= 15 is 0 Å². The summed E-state index contributed by atoms with van der Waals surface area (Å²) >= 11 is 6.28. The molecule has 0 aliphatic carbocycles. The van der Waals surface area contributed by atoms with Gasteiger partial charge in [-0.1, -0.05) is 16.8 Å². The summed E-state index contributed by atoms with van der Waals surface area (Å²) in [4.78, 5) is 15.3. The molecule has 0 radical (unpaired) electrons. The molecular weight excluding hydrogens is 456 g/mol. The fourth-order valence-corrected chi connectivity index (χ4v) is 3.66. The van der Waals surface area contributed by atoms with E-state index in [1.54, 1.807) is 42.5 Å². The van der Waals surface area contributed by atoms with E-state index in [1.165, 1.54) is 10.8 Å². The first-order valence-electron chi connectivity index (χ1n) is 10.1. The van der Waals surface area contributed by atoms with E-state index in [4.69, 9.17) is 26.0 Å². The SMILES string of the molecule is CC(C)Oc1ccc(-c2nc(-c3ccc4c(ccn4C(C)C(F)(F)C(=O)O)c3)no2)cc1Cl. The van der Waals surface area contributed by atoms with Gasteiger partial charge in [-0.3, -0.25) is 0 Å². The molecule has 0 bridgehead atoms. The van der Waals surface area contributed by atoms with E-state index in [2.05, 4.69) is 10.1 Å². The highest BCUT2D eigenvalue weighted by Gasteiger charge is 2.46. The monoisotopic (exact) mass is 475 g/mol. The first-order valence-corrected chi connectivity index (χ1v) is 10.5. The smallest absolute Gasteiger partial charge is 0.376 e. The minimum atomic E-state index is -3.91. The van der Waals surface area contributed by atoms with Crippen LogP contribution in [0.5, 0.6) is 5.75 Å². The van der Waals surface area contributed by atoms with Crippen molar-refractivity contribution in [1.82, 2.24) is 14.7 Å². The van der Waals surface area contributed by atoms with Gasteiger partial charge < -0.3 is 18.9 Å². The zero-order chi connectivity index (χ0) is 23.9. The Morgan fingerprint density at radius 3 is 2.55 bits per heavy atom. The summed E-state index contributed by atoms with van der Waals surface area (Å²) in [5, 5.41) is 13.9. The van der Waals surface area contributed by atoms with Gasteiger partial charge in [0.15, 0.2) is 0 Å². The van der Waals surface area contributed by atoms with Crippen molar-refractivity contribution in [3.8, 4) is 28.6 Å². The maximum atomic E-state index is 14.0. The number of nitrogens with zero attached hydrogens (tertiary/aromatic N) is 3. The highest BCUT2D eigenvalue weighted by molar-refractivity contribution is 6.32. The van der Waals surface area contributed by atoms with Gasteiger partial charge >= 0.3 is 11.9 Å². The van der Waals surface area contributed by atoms with Crippen molar-refractivity contribution in [2.24, 2.45) is 0 Å². The number of aliphatic carboxylic acids is 1. The minimum absolute atomic E-state index is 0.0218. The van der Waals surface area contributed by atoms with Crippen LogP contribution in [0, 0.1) is 0 Å². The Kier molecular flexibility index (Phi) is 5.84. The third-order valence-corrected chi connectivity index (χ3v) is 5.47. The Hall–Kier alpha value is -3.46. The molecule has 2 aromatic heterocycles. The zero-order valence-corrected chi connectivity index (χ0v) is 18.7. The molecule has 2 aromatic carbocycles. The number of ether oxygens (including phenoxy) is 1. The molecule has 33 heavy (non-hydrogen) atoms. The van der Waals surface area contributed by atoms with Crippen LogP contribution >= 0.6 is 11.6 Å². The predicted molar refractivity (Wildman–Crippen MR) is 119 cm³/mol. The number of aromatic nitrogens is 3. The third-order valence-electron chi connectivity index (χ3n) is 5.17. The van der Waals surface area contributed by atoms with E-state index in [0.717, 1.165) is 6.92 Å². The molecule has 10 heteroatoms. The lowest BCUT2D eigenvalue weighted by Gasteiger charge is -2.22. The highest BCUT2D eigenvalue weighted by atomic mass is 35.5. The fourth-order valence-electron chi connectivity index (χ4n) is 3.44. The first-order chi connectivity index (χ1) is 15.6. The highest BCUT2D eigenvalue weighted by Crippen LogP contribution is 2.34. The Labute approximate surface area is 192 Å². The van der Waals surface area contributed by atoms with Gasteiger partial charge in [0, 0.05) is 28.2 Å². The van der Waals surface area contributed by atoms with Crippen LogP contribution in [0.15, 0.2) is 53.2 Å². The van der Waals surface area contributed by atoms with Crippen molar-refractivity contribution in [2.75, 3.05) is 0 Å². The van der Waals surface area contributed by atoms with Crippen LogP contribution in [-0.4, -0.2) is 37.8 Å². The van der Waals surface area contributed by atoms with Gasteiger partial charge in [0.1, 0.15) is 11.8 Å². The molecule has 0 fully saturated rings. The largest absolute Gasteiger partial charge is 0.489 e. The molecule has 4 rings (SSSR count). The van der Waals surface area contributed by atoms with Crippen molar-refractivity contribution in [3.05, 3.63) is 53.7 Å². The van der Waals surface area contributed by atoms with Crippen molar-refractivity contribution in [3.63, 3.8) is 0 Å². The standard InChI is InChI=1S/C23H20ClF2N3O4/c1-12(2)32-19-7-5-16(11-17(19)24)21-27-20(28-33-21)15-4-6-18-14(10-15)8-9-29(18)13(3)23(25,26)22(30)31/h4-13H,1-3H3,(H,30,31). The summed E-state index contributed by atoms with van der Waals surface area (Å²) in [6, 6.07) is 10.2. The number of carbonyl (C=O) groups is 1. The van der Waals surface area contributed by atoms with Gasteiger partial charge in [0.05, 0.1) is 11.1 Å². The van der Waals surface area contributed by atoms with Gasteiger partial charge in [-0.15, -0.1) is 0 Å². The molecule has 4 aromatic rings. The van der Waals surface area contributed by atoms with Gasteiger partial charge in [-0.05, 0) is 63.2 Å². The molecule has 0 saturated heterocycles. The van der Waals surface area contributed by atoms with Crippen molar-refractivity contribution in [2.45, 2.75) is 38.8 Å². The number of carboxylic acid groups (broad SMARTS) is 1. The van der Waals surface area contributed by atoms with Gasteiger partial charge in [-0.25, -0.2) is 4.79 Å². The fraction of sp³-hybridized carbons (Fsp3) is 0.261. The predicted octanol–water partition coefficient (Wildman–Crippen LogP) is 6.08. The molecule has 1 unspecified atom stereocenters. The molecule has 0 saturated carbocycles. The Balaban J connectivity index is 1.62. The molecule has 0 spiro atoms. The van der Waals surface area contributed by atoms with Crippen molar-refractivity contribution in [1.29, 1.82) is 0 Å². The summed E-state index contributed by atoms with van der Waals surface area (Å²) in [6.45, 7) is 4.96. The molecule has 1 N–H and O–H groups in total. The number of hydrogen-bond acceptors (Lipinski definition) is 5. The summed E-state index contributed by atoms with van der Waals surface area (Å²) in [7, 11) is 0. The van der Waals surface area contributed by atoms with Crippen molar-refractivity contribution < 1.29 is 27.9 Å². The lowest BCUT2D eigenvalue weighted by atomic mass is 10.1. The van der Waals surface area contributed by atoms with Crippen LogP contribution in [0.25, 0.3) is 33.7 Å². The van der Waals surface area contributed by atoms with E-state index in [-0.39, 0.29) is 12.0 Å². The zero-order valence-electron chi connectivity index (χ0n) is 17.9. The summed E-state index contributed by atoms with van der Waals surface area (Å²) in [5.41, 5.74) is 1.69. The maximum Gasteiger partial charge on any atom is 0.376 e. The van der Waals surface area contributed by atoms with E-state index < -0.39 is 17.9 Å². The lowest BCUT2D eigenvalue weighted by molar-refractivity contribution is -0.170. The maximum absolute atomic E-state index is 14.0. The number of carboxylic acids is 1. The average Bonchev–Trinajstić information content (AvgIpc) is 3.41. The van der Waals surface area contributed by atoms with E-state index in [0.29, 0.717) is 38.6 Å². The number of rotatable bonds is 7. The Morgan fingerprint density at radius 2 is 1.88 bits per heavy atom. The van der Waals surface area contributed by atoms with Crippen LogP contribution in [0.1, 0.15) is 26.8 Å². The van der Waals surface area contributed by atoms with Crippen molar-refractivity contribution >= 4 is 28.5 Å². The number of alkyl halides is 2. The molecule has 1 atom stereocenters. The number of fused-ring (bicyclic) bond motifs is 1. The second-order valence-corrected chi connectivity index (χ2v) is 8.24. The van der Waals surface area contributed by atoms with Crippen LogP contribution in [0.3, 0.4) is 0 Å². The van der Waals surface area contributed by atoms with Crippen LogP contribution < -0.4 is 4.74 Å². The van der Waals surface area contributed by atoms with Gasteiger partial charge in [0.25, 0.3) is 5.89 Å². The lowest BCUT2D eigenvalue weighted by Crippen LogP contribution is -2.36. The molecule has 0 aliphatic rings. The van der Waals surface area contributed by atoms with E-state index in [9.17, 15) is 13.6 Å². The summed E-state index contributed by atoms with van der Waals surface area (Å²) < 4.78 is 40.2. The normalized spacial score (nSPS) is 12.9. The third kappa shape index (κ3) is 4.28. The van der Waals surface area contributed by atoms with Gasteiger partial charge in [0.2, 0.25) is 5.82 Å². The summed E-state index contributed by atoms with van der Waals surface area (Å²) in [5.74, 6) is -4.97. The first kappa shape index (κ1) is 22.7. The second kappa shape index (κ2) is 8.47. The topological polar surface area (TPSA) is 90.4 Å². The van der Waals surface area contributed by atoms with Crippen LogP contribution in [0.2, 0.25) is 5.02 Å². The molecule has 0 aliphatic heterocycles. The average molecular weight is 476 g/mol.